The number of ether oxygens (including phenoxy) is 3. The molecule has 2 aromatic rings. The summed E-state index contributed by atoms with van der Waals surface area (Å²) >= 11 is 0. The lowest BCUT2D eigenvalue weighted by atomic mass is 9.99. The number of amides is 1. The summed E-state index contributed by atoms with van der Waals surface area (Å²) in [6.45, 7) is 1.21. The number of methoxy groups -OCH3 is 2. The molecule has 0 unspecified atom stereocenters. The Bertz CT molecular complexity index is 759. The van der Waals surface area contributed by atoms with Crippen LogP contribution < -0.4 is 19.9 Å². The van der Waals surface area contributed by atoms with Crippen molar-refractivity contribution < 1.29 is 19.0 Å². The number of nitrogen functional groups attached to an aromatic ring is 1. The summed E-state index contributed by atoms with van der Waals surface area (Å²) < 4.78 is 16.2. The predicted molar refractivity (Wildman–Crippen MR) is 95.0 cm³/mol. The number of rotatable bonds is 5. The summed E-state index contributed by atoms with van der Waals surface area (Å²) in [5.74, 6) is 1.98. The minimum Gasteiger partial charge on any atom is -0.493 e. The number of anilines is 1. The van der Waals surface area contributed by atoms with Crippen molar-refractivity contribution in [1.29, 1.82) is 0 Å². The molecular formula is C19H22N2O4. The van der Waals surface area contributed by atoms with E-state index in [0.717, 1.165) is 12.0 Å². The molecule has 0 aromatic heterocycles. The van der Waals surface area contributed by atoms with Gasteiger partial charge in [-0.05, 0) is 53.9 Å². The minimum absolute atomic E-state index is 0.00649. The smallest absolute Gasteiger partial charge is 0.260 e. The van der Waals surface area contributed by atoms with E-state index in [1.807, 2.05) is 12.1 Å². The molecule has 6 heteroatoms. The van der Waals surface area contributed by atoms with Crippen molar-refractivity contribution in [2.75, 3.05) is 33.1 Å². The number of hydrogen-bond donors (Lipinski definition) is 1. The first-order valence-electron chi connectivity index (χ1n) is 8.10. The zero-order chi connectivity index (χ0) is 17.8. The first kappa shape index (κ1) is 17.0. The van der Waals surface area contributed by atoms with Crippen LogP contribution in [0.15, 0.2) is 36.4 Å². The molecule has 0 radical (unpaired) electrons. The molecule has 2 N–H and O–H groups in total. The van der Waals surface area contributed by atoms with E-state index in [1.54, 1.807) is 43.4 Å². The van der Waals surface area contributed by atoms with Gasteiger partial charge >= 0.3 is 0 Å². The third-order valence-electron chi connectivity index (χ3n) is 4.31. The van der Waals surface area contributed by atoms with E-state index in [4.69, 9.17) is 19.9 Å². The molecule has 3 rings (SSSR count). The highest BCUT2D eigenvalue weighted by Crippen LogP contribution is 2.33. The topological polar surface area (TPSA) is 74.0 Å². The van der Waals surface area contributed by atoms with Gasteiger partial charge < -0.3 is 24.8 Å². The van der Waals surface area contributed by atoms with Crippen molar-refractivity contribution in [2.45, 2.75) is 13.0 Å². The lowest BCUT2D eigenvalue weighted by Crippen LogP contribution is -2.38. The highest BCUT2D eigenvalue weighted by molar-refractivity contribution is 5.78. The minimum atomic E-state index is -0.0442. The Labute approximate surface area is 147 Å². The van der Waals surface area contributed by atoms with E-state index < -0.39 is 0 Å². The average molecular weight is 342 g/mol. The predicted octanol–water partition coefficient (Wildman–Crippen LogP) is 2.25. The molecule has 6 nitrogen and oxygen atoms in total. The normalized spacial score (nSPS) is 13.1. The molecule has 1 aliphatic rings. The zero-order valence-electron chi connectivity index (χ0n) is 14.5. The second-order valence-electron chi connectivity index (χ2n) is 5.90. The van der Waals surface area contributed by atoms with Crippen LogP contribution in [0.3, 0.4) is 0 Å². The molecular weight excluding hydrogens is 320 g/mol. The number of nitrogens with two attached hydrogens (primary N) is 1. The van der Waals surface area contributed by atoms with Crippen molar-refractivity contribution in [1.82, 2.24) is 4.90 Å². The van der Waals surface area contributed by atoms with Gasteiger partial charge in [0.1, 0.15) is 5.75 Å². The highest BCUT2D eigenvalue weighted by atomic mass is 16.5. The monoisotopic (exact) mass is 342 g/mol. The molecule has 25 heavy (non-hydrogen) atoms. The molecule has 1 amide bonds. The fourth-order valence-electron chi connectivity index (χ4n) is 2.90. The van der Waals surface area contributed by atoms with Crippen LogP contribution in [0.25, 0.3) is 0 Å². The SMILES string of the molecule is COc1cc2c(cc1OC)CN(C(=O)COc1ccc(N)cc1)CC2. The maximum Gasteiger partial charge on any atom is 0.260 e. The summed E-state index contributed by atoms with van der Waals surface area (Å²) in [5.41, 5.74) is 8.56. The van der Waals surface area contributed by atoms with Gasteiger partial charge in [0.15, 0.2) is 18.1 Å². The van der Waals surface area contributed by atoms with Crippen LogP contribution in [0.5, 0.6) is 17.2 Å². The van der Waals surface area contributed by atoms with Crippen molar-refractivity contribution in [3.8, 4) is 17.2 Å². The zero-order valence-corrected chi connectivity index (χ0v) is 14.5. The Morgan fingerprint density at radius 1 is 1.08 bits per heavy atom. The summed E-state index contributed by atoms with van der Waals surface area (Å²) in [6, 6.07) is 10.9. The molecule has 1 aliphatic heterocycles. The molecule has 0 spiro atoms. The molecule has 2 aromatic carbocycles. The van der Waals surface area contributed by atoms with Gasteiger partial charge in [0.2, 0.25) is 0 Å². The van der Waals surface area contributed by atoms with Crippen LogP contribution in [0.1, 0.15) is 11.1 Å². The van der Waals surface area contributed by atoms with Gasteiger partial charge in [0.05, 0.1) is 14.2 Å². The first-order valence-corrected chi connectivity index (χ1v) is 8.10. The van der Waals surface area contributed by atoms with Crippen LogP contribution in [0, 0.1) is 0 Å². The molecule has 0 saturated heterocycles. The fourth-order valence-corrected chi connectivity index (χ4v) is 2.90. The van der Waals surface area contributed by atoms with Crippen molar-refractivity contribution >= 4 is 11.6 Å². The summed E-state index contributed by atoms with van der Waals surface area (Å²) in [7, 11) is 3.23. The van der Waals surface area contributed by atoms with E-state index in [0.29, 0.717) is 36.0 Å². The van der Waals surface area contributed by atoms with Gasteiger partial charge in [-0.15, -0.1) is 0 Å². The van der Waals surface area contributed by atoms with Gasteiger partial charge in [-0.25, -0.2) is 0 Å². The lowest BCUT2D eigenvalue weighted by molar-refractivity contribution is -0.134. The number of benzene rings is 2. The van der Waals surface area contributed by atoms with Crippen LogP contribution >= 0.6 is 0 Å². The lowest BCUT2D eigenvalue weighted by Gasteiger charge is -2.29. The van der Waals surface area contributed by atoms with Gasteiger partial charge in [-0.2, -0.15) is 0 Å². The Balaban J connectivity index is 1.65. The summed E-state index contributed by atoms with van der Waals surface area (Å²) in [4.78, 5) is 14.2. The van der Waals surface area contributed by atoms with Crippen molar-refractivity contribution in [3.05, 3.63) is 47.5 Å². The van der Waals surface area contributed by atoms with Crippen LogP contribution in [-0.2, 0) is 17.8 Å². The Morgan fingerprint density at radius 2 is 1.72 bits per heavy atom. The molecule has 0 aliphatic carbocycles. The summed E-state index contributed by atoms with van der Waals surface area (Å²) in [5, 5.41) is 0. The number of fused-ring (bicyclic) bond motifs is 1. The summed E-state index contributed by atoms with van der Waals surface area (Å²) in [6.07, 6.45) is 0.781. The third-order valence-corrected chi connectivity index (χ3v) is 4.31. The average Bonchev–Trinajstić information content (AvgIpc) is 2.65. The number of carbonyl (C=O) groups excluding carboxylic acids is 1. The first-order chi connectivity index (χ1) is 12.1. The Hall–Kier alpha value is -2.89. The molecule has 0 bridgehead atoms. The molecule has 0 fully saturated rings. The van der Waals surface area contributed by atoms with Crippen LogP contribution in [0.2, 0.25) is 0 Å². The highest BCUT2D eigenvalue weighted by Gasteiger charge is 2.23. The molecule has 0 atom stereocenters. The second-order valence-corrected chi connectivity index (χ2v) is 5.90. The van der Waals surface area contributed by atoms with Gasteiger partial charge in [-0.3, -0.25) is 4.79 Å². The molecule has 1 heterocycles. The largest absolute Gasteiger partial charge is 0.493 e. The Morgan fingerprint density at radius 3 is 2.36 bits per heavy atom. The van der Waals surface area contributed by atoms with Crippen LogP contribution in [0.4, 0.5) is 5.69 Å². The second kappa shape index (κ2) is 7.34. The fraction of sp³-hybridized carbons (Fsp3) is 0.316. The van der Waals surface area contributed by atoms with Crippen LogP contribution in [-0.4, -0.2) is 38.2 Å². The Kier molecular flexibility index (Phi) is 4.97. The quantitative estimate of drug-likeness (QED) is 0.844. The van der Waals surface area contributed by atoms with E-state index in [-0.39, 0.29) is 12.5 Å². The number of hydrogen-bond acceptors (Lipinski definition) is 5. The van der Waals surface area contributed by atoms with E-state index in [2.05, 4.69) is 0 Å². The van der Waals surface area contributed by atoms with Gasteiger partial charge in [0.25, 0.3) is 5.91 Å². The third kappa shape index (κ3) is 3.79. The maximum absolute atomic E-state index is 12.4. The van der Waals surface area contributed by atoms with Crippen molar-refractivity contribution in [3.63, 3.8) is 0 Å². The molecule has 132 valence electrons. The standard InChI is InChI=1S/C19H22N2O4/c1-23-17-9-13-7-8-21(11-14(13)10-18(17)24-2)19(22)12-25-16-5-3-15(20)4-6-16/h3-6,9-10H,7-8,11-12,20H2,1-2H3. The maximum atomic E-state index is 12.4. The van der Waals surface area contributed by atoms with Gasteiger partial charge in [-0.1, -0.05) is 0 Å². The van der Waals surface area contributed by atoms with E-state index in [9.17, 15) is 4.79 Å². The van der Waals surface area contributed by atoms with Crippen molar-refractivity contribution in [2.24, 2.45) is 0 Å². The van der Waals surface area contributed by atoms with Gasteiger partial charge in [0, 0.05) is 18.8 Å². The van der Waals surface area contributed by atoms with E-state index in [1.165, 1.54) is 5.56 Å². The number of carbonyl (C=O) groups is 1. The van der Waals surface area contributed by atoms with E-state index >= 15 is 0 Å². The molecule has 0 saturated carbocycles. The number of nitrogens with zero attached hydrogens (tertiary/aromatic N) is 1.